The fourth-order valence-electron chi connectivity index (χ4n) is 0.842. The van der Waals surface area contributed by atoms with Gasteiger partial charge in [-0.1, -0.05) is 0 Å². The topological polar surface area (TPSA) is 66.8 Å². The molecular formula is C8H18NO4+. The molecule has 0 saturated heterocycles. The van der Waals surface area contributed by atoms with Crippen molar-refractivity contribution in [2.75, 3.05) is 33.9 Å². The van der Waals surface area contributed by atoms with Gasteiger partial charge >= 0.3 is 5.97 Å². The summed E-state index contributed by atoms with van der Waals surface area (Å²) < 4.78 is 4.48. The van der Waals surface area contributed by atoms with Crippen LogP contribution in [0.3, 0.4) is 0 Å². The average molecular weight is 192 g/mol. The molecule has 0 radical (unpaired) electrons. The highest BCUT2D eigenvalue weighted by Crippen LogP contribution is 1.98. The highest BCUT2D eigenvalue weighted by atomic mass is 16.5. The zero-order valence-corrected chi connectivity index (χ0v) is 8.19. The number of carbonyl (C=O) groups excluding carboxylic acids is 1. The maximum absolute atomic E-state index is 10.9. The molecule has 0 bridgehead atoms. The SMILES string of the molecule is C[N+](C)(O)CCCC(=O)OCCO. The van der Waals surface area contributed by atoms with Crippen molar-refractivity contribution in [1.82, 2.24) is 0 Å². The zero-order chi connectivity index (χ0) is 10.3. The van der Waals surface area contributed by atoms with Crippen molar-refractivity contribution in [1.29, 1.82) is 0 Å². The van der Waals surface area contributed by atoms with E-state index in [0.717, 1.165) is 0 Å². The highest BCUT2D eigenvalue weighted by Gasteiger charge is 2.11. The monoisotopic (exact) mass is 192 g/mol. The van der Waals surface area contributed by atoms with E-state index in [1.165, 1.54) is 0 Å². The molecular weight excluding hydrogens is 174 g/mol. The first kappa shape index (κ1) is 12.3. The van der Waals surface area contributed by atoms with Gasteiger partial charge in [0.1, 0.15) is 13.2 Å². The molecule has 5 nitrogen and oxygen atoms in total. The van der Waals surface area contributed by atoms with E-state index in [0.29, 0.717) is 13.0 Å². The van der Waals surface area contributed by atoms with Crippen LogP contribution < -0.4 is 0 Å². The zero-order valence-electron chi connectivity index (χ0n) is 8.19. The van der Waals surface area contributed by atoms with E-state index in [-0.39, 0.29) is 30.3 Å². The number of aliphatic hydroxyl groups is 1. The Labute approximate surface area is 78.1 Å². The van der Waals surface area contributed by atoms with E-state index in [2.05, 4.69) is 4.74 Å². The summed E-state index contributed by atoms with van der Waals surface area (Å²) in [5.41, 5.74) is 0. The van der Waals surface area contributed by atoms with Crippen molar-refractivity contribution >= 4 is 5.97 Å². The maximum Gasteiger partial charge on any atom is 0.306 e. The van der Waals surface area contributed by atoms with Crippen LogP contribution in [0.25, 0.3) is 0 Å². The Balaban J connectivity index is 3.37. The van der Waals surface area contributed by atoms with Crippen molar-refractivity contribution in [2.24, 2.45) is 0 Å². The molecule has 0 heterocycles. The third-order valence-corrected chi connectivity index (χ3v) is 1.44. The summed E-state index contributed by atoms with van der Waals surface area (Å²) in [5, 5.41) is 17.6. The Morgan fingerprint density at radius 1 is 1.46 bits per heavy atom. The van der Waals surface area contributed by atoms with Gasteiger partial charge in [0, 0.05) is 6.42 Å². The Morgan fingerprint density at radius 2 is 2.08 bits per heavy atom. The molecule has 0 saturated carbocycles. The molecule has 5 heteroatoms. The van der Waals surface area contributed by atoms with Crippen LogP contribution in [-0.2, 0) is 9.53 Å². The molecule has 0 aliphatic carbocycles. The van der Waals surface area contributed by atoms with E-state index >= 15 is 0 Å². The van der Waals surface area contributed by atoms with Gasteiger partial charge in [-0.3, -0.25) is 4.79 Å². The number of carbonyl (C=O) groups is 1. The van der Waals surface area contributed by atoms with Crippen molar-refractivity contribution in [2.45, 2.75) is 12.8 Å². The van der Waals surface area contributed by atoms with E-state index < -0.39 is 0 Å². The van der Waals surface area contributed by atoms with Crippen LogP contribution in [0.1, 0.15) is 12.8 Å². The lowest BCUT2D eigenvalue weighted by molar-refractivity contribution is -1.07. The summed E-state index contributed by atoms with van der Waals surface area (Å²) in [5.74, 6) is -0.331. The molecule has 0 rings (SSSR count). The number of nitrogens with zero attached hydrogens (tertiary/aromatic N) is 1. The molecule has 0 aromatic rings. The minimum atomic E-state index is -0.331. The second-order valence-corrected chi connectivity index (χ2v) is 3.39. The van der Waals surface area contributed by atoms with Gasteiger partial charge in [-0.2, -0.15) is 4.65 Å². The average Bonchev–Trinajstić information content (AvgIpc) is 1.98. The van der Waals surface area contributed by atoms with Gasteiger partial charge in [0.05, 0.1) is 27.1 Å². The first-order chi connectivity index (χ1) is 5.95. The molecule has 0 atom stereocenters. The molecule has 0 spiro atoms. The number of quaternary nitrogens is 1. The van der Waals surface area contributed by atoms with Crippen molar-refractivity contribution in [3.63, 3.8) is 0 Å². The standard InChI is InChI=1S/C8H18NO4/c1-9(2,12)5-3-4-8(11)13-7-6-10/h10,12H,3-7H2,1-2H3/q+1. The molecule has 0 aliphatic heterocycles. The van der Waals surface area contributed by atoms with Crippen LogP contribution in [-0.4, -0.2) is 54.8 Å². The molecule has 0 aliphatic rings. The Bertz CT molecular complexity index is 153. The Morgan fingerprint density at radius 3 is 2.54 bits per heavy atom. The maximum atomic E-state index is 10.9. The summed E-state index contributed by atoms with van der Waals surface area (Å²) in [7, 11) is 3.28. The number of ether oxygens (including phenoxy) is 1. The lowest BCUT2D eigenvalue weighted by atomic mass is 10.3. The van der Waals surface area contributed by atoms with E-state index in [9.17, 15) is 10.0 Å². The summed E-state index contributed by atoms with van der Waals surface area (Å²) >= 11 is 0. The number of esters is 1. The molecule has 2 N–H and O–H groups in total. The Hall–Kier alpha value is -0.650. The number of hydroxylamine groups is 3. The third kappa shape index (κ3) is 9.26. The van der Waals surface area contributed by atoms with Gasteiger partial charge in [-0.15, -0.1) is 0 Å². The Kier molecular flexibility index (Phi) is 5.61. The summed E-state index contributed by atoms with van der Waals surface area (Å²) in [6.45, 7) is 0.414. The second kappa shape index (κ2) is 5.90. The van der Waals surface area contributed by atoms with Gasteiger partial charge in [-0.05, 0) is 0 Å². The molecule has 0 amide bonds. The summed E-state index contributed by atoms with van der Waals surface area (Å²) in [6, 6.07) is 0. The number of hydrogen-bond donors (Lipinski definition) is 2. The molecule has 0 fully saturated rings. The van der Waals surface area contributed by atoms with E-state index in [4.69, 9.17) is 5.11 Å². The van der Waals surface area contributed by atoms with Crippen LogP contribution in [0.2, 0.25) is 0 Å². The van der Waals surface area contributed by atoms with Crippen LogP contribution in [0.15, 0.2) is 0 Å². The number of hydrogen-bond acceptors (Lipinski definition) is 4. The fourth-order valence-corrected chi connectivity index (χ4v) is 0.842. The number of aliphatic hydroxyl groups excluding tert-OH is 1. The van der Waals surface area contributed by atoms with Gasteiger partial charge < -0.3 is 9.84 Å². The van der Waals surface area contributed by atoms with Crippen molar-refractivity contribution in [3.8, 4) is 0 Å². The van der Waals surface area contributed by atoms with Crippen molar-refractivity contribution < 1.29 is 24.5 Å². The minimum Gasteiger partial charge on any atom is -0.463 e. The van der Waals surface area contributed by atoms with E-state index in [1.54, 1.807) is 14.1 Å². The second-order valence-electron chi connectivity index (χ2n) is 3.39. The summed E-state index contributed by atoms with van der Waals surface area (Å²) in [4.78, 5) is 10.9. The van der Waals surface area contributed by atoms with Crippen LogP contribution in [0, 0.1) is 0 Å². The number of rotatable bonds is 6. The predicted octanol–water partition coefficient (Wildman–Crippen LogP) is -0.232. The lowest BCUT2D eigenvalue weighted by Gasteiger charge is -2.18. The van der Waals surface area contributed by atoms with Gasteiger partial charge in [-0.25, -0.2) is 5.21 Å². The smallest absolute Gasteiger partial charge is 0.306 e. The minimum absolute atomic E-state index is 0.0518. The fraction of sp³-hybridized carbons (Fsp3) is 0.875. The molecule has 0 unspecified atom stereocenters. The van der Waals surface area contributed by atoms with Crippen LogP contribution >= 0.6 is 0 Å². The third-order valence-electron chi connectivity index (χ3n) is 1.44. The van der Waals surface area contributed by atoms with Gasteiger partial charge in [0.15, 0.2) is 0 Å². The largest absolute Gasteiger partial charge is 0.463 e. The summed E-state index contributed by atoms with van der Waals surface area (Å²) in [6.07, 6.45) is 0.857. The van der Waals surface area contributed by atoms with Crippen molar-refractivity contribution in [3.05, 3.63) is 0 Å². The van der Waals surface area contributed by atoms with Gasteiger partial charge in [0.2, 0.25) is 0 Å². The molecule has 0 aromatic carbocycles. The lowest BCUT2D eigenvalue weighted by Crippen LogP contribution is -2.36. The first-order valence-corrected chi connectivity index (χ1v) is 4.28. The normalized spacial score (nSPS) is 11.4. The first-order valence-electron chi connectivity index (χ1n) is 4.28. The molecule has 78 valence electrons. The van der Waals surface area contributed by atoms with Crippen LogP contribution in [0.5, 0.6) is 0 Å². The molecule has 13 heavy (non-hydrogen) atoms. The predicted molar refractivity (Wildman–Crippen MR) is 46.0 cm³/mol. The van der Waals surface area contributed by atoms with E-state index in [1.807, 2.05) is 0 Å². The molecule has 0 aromatic heterocycles. The highest BCUT2D eigenvalue weighted by molar-refractivity contribution is 5.69. The van der Waals surface area contributed by atoms with Gasteiger partial charge in [0.25, 0.3) is 0 Å². The quantitative estimate of drug-likeness (QED) is 0.346. The van der Waals surface area contributed by atoms with Crippen LogP contribution in [0.4, 0.5) is 0 Å².